The Morgan fingerprint density at radius 1 is 0.875 bits per heavy atom. The fraction of sp³-hybridized carbons (Fsp3) is 0.321. The molecule has 0 aliphatic heterocycles. The largest absolute Gasteiger partial charge is 0.497 e. The van der Waals surface area contributed by atoms with Crippen molar-refractivity contribution >= 4 is 5.91 Å². The highest BCUT2D eigenvalue weighted by Gasteiger charge is 2.30. The summed E-state index contributed by atoms with van der Waals surface area (Å²) in [6.45, 7) is 1.37. The van der Waals surface area contributed by atoms with Crippen molar-refractivity contribution in [1.82, 2.24) is 10.2 Å². The molecule has 4 nitrogen and oxygen atoms in total. The third kappa shape index (κ3) is 5.77. The monoisotopic (exact) mass is 428 g/mol. The summed E-state index contributed by atoms with van der Waals surface area (Å²) in [7, 11) is 1.66. The van der Waals surface area contributed by atoms with Crippen LogP contribution in [0.1, 0.15) is 48.4 Å². The molecule has 1 saturated carbocycles. The molecular formula is C28H32N2O2. The van der Waals surface area contributed by atoms with Gasteiger partial charge in [-0.1, -0.05) is 85.6 Å². The molecule has 3 aromatic rings. The van der Waals surface area contributed by atoms with Gasteiger partial charge in [0.1, 0.15) is 11.8 Å². The van der Waals surface area contributed by atoms with E-state index >= 15 is 0 Å². The first kappa shape index (κ1) is 22.1. The molecule has 1 atom stereocenters. The molecule has 1 aliphatic carbocycles. The van der Waals surface area contributed by atoms with E-state index in [2.05, 4.69) is 58.7 Å². The lowest BCUT2D eigenvalue weighted by molar-refractivity contribution is -0.128. The van der Waals surface area contributed by atoms with Crippen LogP contribution in [0.25, 0.3) is 0 Å². The van der Waals surface area contributed by atoms with Crippen molar-refractivity contribution in [3.05, 3.63) is 102 Å². The Labute approximate surface area is 191 Å². The summed E-state index contributed by atoms with van der Waals surface area (Å²) in [6.07, 6.45) is 4.52. The van der Waals surface area contributed by atoms with Gasteiger partial charge in [0, 0.05) is 19.1 Å². The number of nitrogens with zero attached hydrogens (tertiary/aromatic N) is 1. The van der Waals surface area contributed by atoms with Crippen molar-refractivity contribution in [2.45, 2.75) is 50.9 Å². The van der Waals surface area contributed by atoms with Crippen LogP contribution in [-0.2, 0) is 17.9 Å². The molecular weight excluding hydrogens is 396 g/mol. The van der Waals surface area contributed by atoms with Gasteiger partial charge in [0.15, 0.2) is 0 Å². The summed E-state index contributed by atoms with van der Waals surface area (Å²) in [6, 6.07) is 28.6. The van der Waals surface area contributed by atoms with Gasteiger partial charge in [-0.15, -0.1) is 0 Å². The van der Waals surface area contributed by atoms with Gasteiger partial charge in [0.05, 0.1) is 7.11 Å². The van der Waals surface area contributed by atoms with E-state index in [0.717, 1.165) is 24.2 Å². The van der Waals surface area contributed by atoms with Gasteiger partial charge in [-0.3, -0.25) is 9.69 Å². The predicted molar refractivity (Wildman–Crippen MR) is 128 cm³/mol. The highest BCUT2D eigenvalue weighted by atomic mass is 16.5. The van der Waals surface area contributed by atoms with Gasteiger partial charge in [-0.2, -0.15) is 0 Å². The molecule has 0 heterocycles. The zero-order valence-corrected chi connectivity index (χ0v) is 18.7. The van der Waals surface area contributed by atoms with Crippen LogP contribution in [0.15, 0.2) is 84.9 Å². The van der Waals surface area contributed by atoms with Gasteiger partial charge in [0.2, 0.25) is 5.91 Å². The Kier molecular flexibility index (Phi) is 7.57. The number of carbonyl (C=O) groups is 1. The molecule has 4 heteroatoms. The number of hydrogen-bond donors (Lipinski definition) is 1. The van der Waals surface area contributed by atoms with Crippen LogP contribution in [0.3, 0.4) is 0 Å². The minimum Gasteiger partial charge on any atom is -0.497 e. The van der Waals surface area contributed by atoms with E-state index in [1.165, 1.54) is 24.0 Å². The second-order valence-corrected chi connectivity index (χ2v) is 8.54. The number of hydrogen-bond acceptors (Lipinski definition) is 3. The number of benzene rings is 3. The van der Waals surface area contributed by atoms with Gasteiger partial charge < -0.3 is 10.1 Å². The topological polar surface area (TPSA) is 41.6 Å². The maximum absolute atomic E-state index is 13.7. The quantitative estimate of drug-likeness (QED) is 0.489. The van der Waals surface area contributed by atoms with Crippen LogP contribution in [0.4, 0.5) is 0 Å². The molecule has 0 radical (unpaired) electrons. The second kappa shape index (κ2) is 11.0. The van der Waals surface area contributed by atoms with Crippen molar-refractivity contribution in [2.24, 2.45) is 0 Å². The van der Waals surface area contributed by atoms with Crippen LogP contribution in [-0.4, -0.2) is 24.0 Å². The molecule has 1 amide bonds. The molecule has 0 bridgehead atoms. The van der Waals surface area contributed by atoms with E-state index in [1.54, 1.807) is 7.11 Å². The standard InChI is InChI=1S/C28H32N2O2/c1-32-26-18-16-24(17-19-26)27(28(31)29-25-14-8-9-15-25)30(20-22-10-4-2-5-11-22)21-23-12-6-3-7-13-23/h2-7,10-13,16-19,25,27H,8-9,14-15,20-21H2,1H3,(H,29,31)/t27-/m0/s1. The lowest BCUT2D eigenvalue weighted by Crippen LogP contribution is -2.43. The van der Waals surface area contributed by atoms with Crippen LogP contribution in [0.5, 0.6) is 5.75 Å². The zero-order valence-electron chi connectivity index (χ0n) is 18.7. The highest BCUT2D eigenvalue weighted by Crippen LogP contribution is 2.28. The Bertz CT molecular complexity index is 926. The average Bonchev–Trinajstić information content (AvgIpc) is 3.34. The Morgan fingerprint density at radius 3 is 1.91 bits per heavy atom. The maximum atomic E-state index is 13.7. The van der Waals surface area contributed by atoms with Crippen LogP contribution < -0.4 is 10.1 Å². The summed E-state index contributed by atoms with van der Waals surface area (Å²) >= 11 is 0. The second-order valence-electron chi connectivity index (χ2n) is 8.54. The normalized spacial score (nSPS) is 14.9. The maximum Gasteiger partial charge on any atom is 0.242 e. The first-order valence-electron chi connectivity index (χ1n) is 11.5. The molecule has 166 valence electrons. The molecule has 1 aliphatic rings. The summed E-state index contributed by atoms with van der Waals surface area (Å²) in [4.78, 5) is 16.0. The highest BCUT2D eigenvalue weighted by molar-refractivity contribution is 5.83. The summed E-state index contributed by atoms with van der Waals surface area (Å²) in [5.41, 5.74) is 3.36. The number of ether oxygens (including phenoxy) is 1. The summed E-state index contributed by atoms with van der Waals surface area (Å²) < 4.78 is 5.35. The van der Waals surface area contributed by atoms with Crippen molar-refractivity contribution in [3.63, 3.8) is 0 Å². The average molecular weight is 429 g/mol. The van der Waals surface area contributed by atoms with Crippen molar-refractivity contribution in [3.8, 4) is 5.75 Å². The van der Waals surface area contributed by atoms with Crippen molar-refractivity contribution in [1.29, 1.82) is 0 Å². The van der Waals surface area contributed by atoms with E-state index in [4.69, 9.17) is 4.74 Å². The van der Waals surface area contributed by atoms with Crippen molar-refractivity contribution < 1.29 is 9.53 Å². The van der Waals surface area contributed by atoms with Gasteiger partial charge in [0.25, 0.3) is 0 Å². The molecule has 1 N–H and O–H groups in total. The van der Waals surface area contributed by atoms with E-state index in [0.29, 0.717) is 13.1 Å². The van der Waals surface area contributed by atoms with E-state index < -0.39 is 0 Å². The smallest absolute Gasteiger partial charge is 0.242 e. The third-order valence-electron chi connectivity index (χ3n) is 6.20. The predicted octanol–water partition coefficient (Wildman–Crippen LogP) is 5.50. The molecule has 0 aromatic heterocycles. The number of nitrogens with one attached hydrogen (secondary N) is 1. The fourth-order valence-electron chi connectivity index (χ4n) is 4.54. The van der Waals surface area contributed by atoms with Gasteiger partial charge in [-0.25, -0.2) is 0 Å². The Balaban J connectivity index is 1.68. The van der Waals surface area contributed by atoms with E-state index in [9.17, 15) is 4.79 Å². The van der Waals surface area contributed by atoms with Crippen LogP contribution >= 0.6 is 0 Å². The zero-order chi connectivity index (χ0) is 22.2. The lowest BCUT2D eigenvalue weighted by atomic mass is 10.0. The van der Waals surface area contributed by atoms with Crippen LogP contribution in [0, 0.1) is 0 Å². The molecule has 32 heavy (non-hydrogen) atoms. The molecule has 0 unspecified atom stereocenters. The Hall–Kier alpha value is -3.11. The fourth-order valence-corrected chi connectivity index (χ4v) is 4.54. The van der Waals surface area contributed by atoms with Gasteiger partial charge >= 0.3 is 0 Å². The summed E-state index contributed by atoms with van der Waals surface area (Å²) in [5.74, 6) is 0.871. The third-order valence-corrected chi connectivity index (χ3v) is 6.20. The number of methoxy groups -OCH3 is 1. The van der Waals surface area contributed by atoms with E-state index in [1.807, 2.05) is 36.4 Å². The first-order chi connectivity index (χ1) is 15.7. The number of amides is 1. The molecule has 1 fully saturated rings. The minimum atomic E-state index is -0.387. The minimum absolute atomic E-state index is 0.0777. The SMILES string of the molecule is COc1ccc([C@@H](C(=O)NC2CCCC2)N(Cc2ccccc2)Cc2ccccc2)cc1. The van der Waals surface area contributed by atoms with Crippen molar-refractivity contribution in [2.75, 3.05) is 7.11 Å². The molecule has 0 spiro atoms. The molecule has 4 rings (SSSR count). The lowest BCUT2D eigenvalue weighted by Gasteiger charge is -2.32. The number of rotatable bonds is 9. The molecule has 3 aromatic carbocycles. The van der Waals surface area contributed by atoms with Gasteiger partial charge in [-0.05, 0) is 41.7 Å². The molecule has 0 saturated heterocycles. The summed E-state index contributed by atoms with van der Waals surface area (Å²) in [5, 5.41) is 3.35. The first-order valence-corrected chi connectivity index (χ1v) is 11.5. The van der Waals surface area contributed by atoms with E-state index in [-0.39, 0.29) is 18.0 Å². The number of carbonyl (C=O) groups excluding carboxylic acids is 1. The Morgan fingerprint density at radius 2 is 1.41 bits per heavy atom. The van der Waals surface area contributed by atoms with Crippen LogP contribution in [0.2, 0.25) is 0 Å².